The molecule has 0 heterocycles. The van der Waals surface area contributed by atoms with Crippen LogP contribution in [0.3, 0.4) is 0 Å². The van der Waals surface area contributed by atoms with Crippen molar-refractivity contribution in [3.63, 3.8) is 0 Å². The van der Waals surface area contributed by atoms with Crippen LogP contribution >= 0.6 is 11.8 Å². The van der Waals surface area contributed by atoms with Crippen molar-refractivity contribution in [2.75, 3.05) is 5.75 Å². The minimum Gasteiger partial charge on any atom is -0.392 e. The lowest BCUT2D eigenvalue weighted by atomic mass is 9.80. The summed E-state index contributed by atoms with van der Waals surface area (Å²) in [5, 5.41) is 10.4. The maximum absolute atomic E-state index is 10.4. The van der Waals surface area contributed by atoms with Gasteiger partial charge < -0.3 is 5.11 Å². The van der Waals surface area contributed by atoms with Gasteiger partial charge in [0.05, 0.1) is 6.10 Å². The van der Waals surface area contributed by atoms with Crippen molar-refractivity contribution in [1.29, 1.82) is 0 Å². The Hall–Kier alpha value is -1.25. The number of fused-ring (bicyclic) bond motifs is 1. The number of aryl methyl sites for hydroxylation is 1. The van der Waals surface area contributed by atoms with E-state index >= 15 is 0 Å². The summed E-state index contributed by atoms with van der Waals surface area (Å²) < 4.78 is 0. The van der Waals surface area contributed by atoms with E-state index in [1.165, 1.54) is 35.3 Å². The zero-order valence-electron chi connectivity index (χ0n) is 12.2. The van der Waals surface area contributed by atoms with Gasteiger partial charge in [-0.2, -0.15) is 0 Å². The second kappa shape index (κ2) is 7.15. The normalized spacial score (nSPS) is 19.0. The molecule has 2 unspecified atom stereocenters. The van der Waals surface area contributed by atoms with Gasteiger partial charge in [0, 0.05) is 10.6 Å². The molecule has 110 valence electrons. The average Bonchev–Trinajstić information content (AvgIpc) is 2.54. The van der Waals surface area contributed by atoms with Gasteiger partial charge in [0.25, 0.3) is 0 Å². The molecule has 0 fully saturated rings. The highest BCUT2D eigenvalue weighted by Gasteiger charge is 2.22. The highest BCUT2D eigenvalue weighted by atomic mass is 32.2. The predicted octanol–water partition coefficient (Wildman–Crippen LogP) is 4.65. The molecule has 2 heteroatoms. The lowest BCUT2D eigenvalue weighted by Gasteiger charge is -2.27. The zero-order valence-corrected chi connectivity index (χ0v) is 13.1. The van der Waals surface area contributed by atoms with Crippen molar-refractivity contribution < 1.29 is 5.11 Å². The number of thioether (sulfide) groups is 1. The zero-order chi connectivity index (χ0) is 14.5. The van der Waals surface area contributed by atoms with Crippen LogP contribution in [-0.4, -0.2) is 17.0 Å². The van der Waals surface area contributed by atoms with Gasteiger partial charge in [0.15, 0.2) is 0 Å². The molecule has 1 aliphatic carbocycles. The topological polar surface area (TPSA) is 20.2 Å². The molecule has 1 nitrogen and oxygen atoms in total. The van der Waals surface area contributed by atoms with Gasteiger partial charge in [0.2, 0.25) is 0 Å². The molecule has 3 rings (SSSR count). The molecule has 21 heavy (non-hydrogen) atoms. The van der Waals surface area contributed by atoms with Gasteiger partial charge in [-0.15, -0.1) is 11.8 Å². The standard InChI is InChI=1S/C19H22OS/c20-17(14-21-18-10-2-1-3-11-18)13-16-9-6-8-15-7-4-5-12-19(15)16/h1-5,7,10-12,16-17,20H,6,8-9,13-14H2. The van der Waals surface area contributed by atoms with E-state index in [4.69, 9.17) is 0 Å². The molecule has 0 spiro atoms. The molecule has 2 aromatic rings. The minimum atomic E-state index is -0.230. The van der Waals surface area contributed by atoms with Crippen LogP contribution in [0.15, 0.2) is 59.5 Å². The van der Waals surface area contributed by atoms with Crippen LogP contribution in [0.5, 0.6) is 0 Å². The third-order valence-electron chi connectivity index (χ3n) is 4.24. The fourth-order valence-electron chi connectivity index (χ4n) is 3.20. The quantitative estimate of drug-likeness (QED) is 0.811. The third-order valence-corrected chi connectivity index (χ3v) is 5.39. The van der Waals surface area contributed by atoms with E-state index in [2.05, 4.69) is 36.4 Å². The molecular weight excluding hydrogens is 276 g/mol. The number of rotatable bonds is 5. The van der Waals surface area contributed by atoms with Gasteiger partial charge in [-0.1, -0.05) is 42.5 Å². The van der Waals surface area contributed by atoms with Crippen LogP contribution in [0, 0.1) is 0 Å². The summed E-state index contributed by atoms with van der Waals surface area (Å²) in [4.78, 5) is 1.24. The van der Waals surface area contributed by atoms with Crippen LogP contribution in [0.4, 0.5) is 0 Å². The Bertz CT molecular complexity index is 567. The number of benzene rings is 2. The van der Waals surface area contributed by atoms with E-state index in [1.54, 1.807) is 11.8 Å². The van der Waals surface area contributed by atoms with E-state index in [9.17, 15) is 5.11 Å². The Labute approximate surface area is 131 Å². The number of aliphatic hydroxyl groups excluding tert-OH is 1. The fraction of sp³-hybridized carbons (Fsp3) is 0.368. The Balaban J connectivity index is 1.57. The molecule has 1 aliphatic rings. The van der Waals surface area contributed by atoms with E-state index in [1.807, 2.05) is 18.2 Å². The fourth-order valence-corrected chi connectivity index (χ4v) is 4.08. The molecule has 2 atom stereocenters. The number of aliphatic hydroxyl groups is 1. The van der Waals surface area contributed by atoms with Gasteiger partial charge in [0.1, 0.15) is 0 Å². The SMILES string of the molecule is OC(CSc1ccccc1)CC1CCCc2ccccc21. The van der Waals surface area contributed by atoms with Crippen LogP contribution in [0.1, 0.15) is 36.3 Å². The maximum atomic E-state index is 10.4. The second-order valence-electron chi connectivity index (χ2n) is 5.80. The van der Waals surface area contributed by atoms with Crippen molar-refractivity contribution in [3.05, 3.63) is 65.7 Å². The Morgan fingerprint density at radius 1 is 1.05 bits per heavy atom. The molecule has 0 saturated heterocycles. The summed E-state index contributed by atoms with van der Waals surface area (Å²) >= 11 is 1.75. The summed E-state index contributed by atoms with van der Waals surface area (Å²) in [6.45, 7) is 0. The van der Waals surface area contributed by atoms with Crippen molar-refractivity contribution in [3.8, 4) is 0 Å². The van der Waals surface area contributed by atoms with Gasteiger partial charge in [-0.3, -0.25) is 0 Å². The molecule has 1 N–H and O–H groups in total. The molecule has 0 amide bonds. The van der Waals surface area contributed by atoms with Crippen LogP contribution in [0.2, 0.25) is 0 Å². The molecule has 0 saturated carbocycles. The third kappa shape index (κ3) is 3.90. The Morgan fingerprint density at radius 3 is 2.67 bits per heavy atom. The van der Waals surface area contributed by atoms with Crippen molar-refractivity contribution >= 4 is 11.8 Å². The molecule has 2 aromatic carbocycles. The van der Waals surface area contributed by atoms with Crippen LogP contribution < -0.4 is 0 Å². The first kappa shape index (κ1) is 14.7. The monoisotopic (exact) mass is 298 g/mol. The largest absolute Gasteiger partial charge is 0.392 e. The number of hydrogen-bond acceptors (Lipinski definition) is 2. The smallest absolute Gasteiger partial charge is 0.0639 e. The summed E-state index contributed by atoms with van der Waals surface area (Å²) in [6.07, 6.45) is 4.31. The predicted molar refractivity (Wildman–Crippen MR) is 89.9 cm³/mol. The lowest BCUT2D eigenvalue weighted by molar-refractivity contribution is 0.175. The maximum Gasteiger partial charge on any atom is 0.0639 e. The molecular formula is C19H22OS. The van der Waals surface area contributed by atoms with Crippen molar-refractivity contribution in [1.82, 2.24) is 0 Å². The molecule has 0 aliphatic heterocycles. The van der Waals surface area contributed by atoms with Gasteiger partial charge in [-0.05, 0) is 54.9 Å². The first-order valence-corrected chi connectivity index (χ1v) is 8.75. The highest BCUT2D eigenvalue weighted by Crippen LogP contribution is 2.35. The summed E-state index contributed by atoms with van der Waals surface area (Å²) in [6, 6.07) is 19.1. The summed E-state index contributed by atoms with van der Waals surface area (Å²) in [5.41, 5.74) is 2.95. The van der Waals surface area contributed by atoms with E-state index < -0.39 is 0 Å². The molecule has 0 bridgehead atoms. The average molecular weight is 298 g/mol. The van der Waals surface area contributed by atoms with E-state index in [-0.39, 0.29) is 6.10 Å². The second-order valence-corrected chi connectivity index (χ2v) is 6.89. The van der Waals surface area contributed by atoms with E-state index in [0.717, 1.165) is 12.2 Å². The first-order valence-electron chi connectivity index (χ1n) is 7.76. The van der Waals surface area contributed by atoms with Gasteiger partial charge >= 0.3 is 0 Å². The highest BCUT2D eigenvalue weighted by molar-refractivity contribution is 7.99. The molecule has 0 radical (unpaired) electrons. The number of hydrogen-bond donors (Lipinski definition) is 1. The Kier molecular flexibility index (Phi) is 5.00. The lowest BCUT2D eigenvalue weighted by Crippen LogP contribution is -2.18. The van der Waals surface area contributed by atoms with Gasteiger partial charge in [-0.25, -0.2) is 0 Å². The van der Waals surface area contributed by atoms with Crippen molar-refractivity contribution in [2.45, 2.75) is 42.6 Å². The van der Waals surface area contributed by atoms with Crippen LogP contribution in [-0.2, 0) is 6.42 Å². The van der Waals surface area contributed by atoms with Crippen LogP contribution in [0.25, 0.3) is 0 Å². The van der Waals surface area contributed by atoms with Crippen molar-refractivity contribution in [2.24, 2.45) is 0 Å². The summed E-state index contributed by atoms with van der Waals surface area (Å²) in [5.74, 6) is 1.31. The summed E-state index contributed by atoms with van der Waals surface area (Å²) in [7, 11) is 0. The molecule has 0 aromatic heterocycles. The van der Waals surface area contributed by atoms with E-state index in [0.29, 0.717) is 5.92 Å². The minimum absolute atomic E-state index is 0.230. The Morgan fingerprint density at radius 2 is 1.81 bits per heavy atom. The first-order chi connectivity index (χ1) is 10.3.